The lowest BCUT2D eigenvalue weighted by Crippen LogP contribution is -2.17. The molecule has 0 spiro atoms. The molecule has 2 aromatic carbocycles. The molecule has 1 aliphatic heterocycles. The number of fused-ring (bicyclic) bond motifs is 3. The van der Waals surface area contributed by atoms with E-state index in [-0.39, 0.29) is 6.23 Å². The number of hydrogen-bond acceptors (Lipinski definition) is 6. The molecule has 1 aliphatic rings. The Kier molecular flexibility index (Phi) is 5.59. The van der Waals surface area contributed by atoms with E-state index in [0.29, 0.717) is 16.7 Å². The highest BCUT2D eigenvalue weighted by Gasteiger charge is 2.26. The lowest BCUT2D eigenvalue weighted by atomic mass is 10.1. The van der Waals surface area contributed by atoms with Gasteiger partial charge in [-0.1, -0.05) is 71.4 Å². The van der Waals surface area contributed by atoms with Crippen molar-refractivity contribution in [2.75, 3.05) is 11.1 Å². The Morgan fingerprint density at radius 1 is 1.15 bits per heavy atom. The molecule has 2 heterocycles. The van der Waals surface area contributed by atoms with Crippen molar-refractivity contribution in [3.05, 3.63) is 58.6 Å². The van der Waals surface area contributed by atoms with Gasteiger partial charge in [-0.3, -0.25) is 0 Å². The number of para-hydroxylation sites is 1. The summed E-state index contributed by atoms with van der Waals surface area (Å²) in [5.74, 6) is 1.48. The van der Waals surface area contributed by atoms with E-state index in [1.165, 1.54) is 0 Å². The third-order valence-corrected chi connectivity index (χ3v) is 5.63. The molecular formula is C20H19BrN4OS. The van der Waals surface area contributed by atoms with Gasteiger partial charge in [0.05, 0.1) is 0 Å². The minimum Gasteiger partial charge on any atom is -0.448 e. The molecule has 1 atom stereocenters. The van der Waals surface area contributed by atoms with Gasteiger partial charge in [0.2, 0.25) is 11.0 Å². The first-order valence-electron chi connectivity index (χ1n) is 8.90. The summed E-state index contributed by atoms with van der Waals surface area (Å²) < 4.78 is 7.27. The summed E-state index contributed by atoms with van der Waals surface area (Å²) in [6, 6.07) is 16.1. The first kappa shape index (κ1) is 18.3. The van der Waals surface area contributed by atoms with Gasteiger partial charge >= 0.3 is 0 Å². The SMILES string of the molecule is CCCCSc1nnc2c(n1)O[C@@H](c1cccc(Br)c1)Nc1ccccc1-2. The van der Waals surface area contributed by atoms with Crippen LogP contribution in [0.4, 0.5) is 5.69 Å². The van der Waals surface area contributed by atoms with Crippen LogP contribution in [0.1, 0.15) is 31.6 Å². The molecule has 0 fully saturated rings. The molecule has 1 N–H and O–H groups in total. The van der Waals surface area contributed by atoms with Crippen LogP contribution in [-0.2, 0) is 0 Å². The first-order chi connectivity index (χ1) is 13.2. The molecule has 1 aromatic heterocycles. The predicted molar refractivity (Wildman–Crippen MR) is 112 cm³/mol. The topological polar surface area (TPSA) is 59.9 Å². The molecule has 5 nitrogen and oxygen atoms in total. The molecule has 0 saturated heterocycles. The van der Waals surface area contributed by atoms with Gasteiger partial charge < -0.3 is 10.1 Å². The molecule has 27 heavy (non-hydrogen) atoms. The summed E-state index contributed by atoms with van der Waals surface area (Å²) >= 11 is 5.15. The Balaban J connectivity index is 1.74. The summed E-state index contributed by atoms with van der Waals surface area (Å²) in [6.45, 7) is 2.17. The number of thioether (sulfide) groups is 1. The molecule has 138 valence electrons. The van der Waals surface area contributed by atoms with Gasteiger partial charge in [0.25, 0.3) is 0 Å². The van der Waals surface area contributed by atoms with Crippen molar-refractivity contribution in [1.29, 1.82) is 0 Å². The molecular weight excluding hydrogens is 424 g/mol. The van der Waals surface area contributed by atoms with Gasteiger partial charge in [0, 0.05) is 27.0 Å². The second-order valence-corrected chi connectivity index (χ2v) is 8.17. The van der Waals surface area contributed by atoms with Gasteiger partial charge in [0.15, 0.2) is 11.9 Å². The average Bonchev–Trinajstić information content (AvgIpc) is 2.85. The fourth-order valence-corrected chi connectivity index (χ4v) is 4.12. The quantitative estimate of drug-likeness (QED) is 0.404. The molecule has 3 aromatic rings. The van der Waals surface area contributed by atoms with Crippen molar-refractivity contribution in [2.45, 2.75) is 31.1 Å². The predicted octanol–water partition coefficient (Wildman–Crippen LogP) is 5.70. The maximum Gasteiger partial charge on any atom is 0.247 e. The average molecular weight is 443 g/mol. The summed E-state index contributed by atoms with van der Waals surface area (Å²) in [7, 11) is 0. The summed E-state index contributed by atoms with van der Waals surface area (Å²) in [5, 5.41) is 12.9. The van der Waals surface area contributed by atoms with Crippen LogP contribution >= 0.6 is 27.7 Å². The van der Waals surface area contributed by atoms with E-state index in [4.69, 9.17) is 4.74 Å². The maximum atomic E-state index is 6.27. The van der Waals surface area contributed by atoms with Crippen LogP contribution in [0.5, 0.6) is 5.88 Å². The van der Waals surface area contributed by atoms with Gasteiger partial charge in [-0.15, -0.1) is 10.2 Å². The molecule has 0 radical (unpaired) electrons. The van der Waals surface area contributed by atoms with Crippen LogP contribution in [0.25, 0.3) is 11.3 Å². The Morgan fingerprint density at radius 2 is 2.04 bits per heavy atom. The number of nitrogens with one attached hydrogen (secondary N) is 1. The highest BCUT2D eigenvalue weighted by Crippen LogP contribution is 2.39. The molecule has 4 rings (SSSR count). The van der Waals surface area contributed by atoms with Crippen LogP contribution in [0.2, 0.25) is 0 Å². The van der Waals surface area contributed by atoms with Crippen molar-refractivity contribution >= 4 is 33.4 Å². The zero-order chi connectivity index (χ0) is 18.6. The van der Waals surface area contributed by atoms with Crippen molar-refractivity contribution in [1.82, 2.24) is 15.2 Å². The normalized spacial score (nSPS) is 15.1. The third kappa shape index (κ3) is 4.09. The lowest BCUT2D eigenvalue weighted by molar-refractivity contribution is 0.225. The summed E-state index contributed by atoms with van der Waals surface area (Å²) in [6.07, 6.45) is 1.90. The van der Waals surface area contributed by atoms with E-state index in [0.717, 1.165) is 39.9 Å². The van der Waals surface area contributed by atoms with E-state index in [1.54, 1.807) is 11.8 Å². The standard InChI is InChI=1S/C20H19BrN4OS/c1-2-3-11-27-20-23-19-17(24-25-20)15-9-4-5-10-16(15)22-18(26-19)13-7-6-8-14(21)12-13/h4-10,12,18,22H,2-3,11H2,1H3/t18-/m0/s1. The lowest BCUT2D eigenvalue weighted by Gasteiger charge is -2.19. The number of ether oxygens (including phenoxy) is 1. The Bertz CT molecular complexity index is 953. The monoisotopic (exact) mass is 442 g/mol. The zero-order valence-corrected chi connectivity index (χ0v) is 17.3. The van der Waals surface area contributed by atoms with Crippen LogP contribution in [0, 0.1) is 0 Å². The van der Waals surface area contributed by atoms with Crippen LogP contribution < -0.4 is 10.1 Å². The van der Waals surface area contributed by atoms with Gasteiger partial charge in [-0.2, -0.15) is 4.98 Å². The van der Waals surface area contributed by atoms with Gasteiger partial charge in [-0.05, 0) is 24.6 Å². The number of nitrogens with zero attached hydrogens (tertiary/aromatic N) is 3. The third-order valence-electron chi connectivity index (χ3n) is 4.21. The van der Waals surface area contributed by atoms with Gasteiger partial charge in [-0.25, -0.2) is 0 Å². The highest BCUT2D eigenvalue weighted by atomic mass is 79.9. The number of benzene rings is 2. The smallest absolute Gasteiger partial charge is 0.247 e. The fourth-order valence-electron chi connectivity index (χ4n) is 2.84. The number of hydrogen-bond donors (Lipinski definition) is 1. The number of anilines is 1. The Labute approximate surface area is 171 Å². The minimum absolute atomic E-state index is 0.366. The number of aromatic nitrogens is 3. The van der Waals surface area contributed by atoms with Crippen LogP contribution in [-0.4, -0.2) is 20.9 Å². The zero-order valence-electron chi connectivity index (χ0n) is 14.9. The second kappa shape index (κ2) is 8.27. The molecule has 0 amide bonds. The number of rotatable bonds is 5. The second-order valence-electron chi connectivity index (χ2n) is 6.19. The van der Waals surface area contributed by atoms with Crippen LogP contribution in [0.15, 0.2) is 58.2 Å². The van der Waals surface area contributed by atoms with Crippen LogP contribution in [0.3, 0.4) is 0 Å². The number of halogens is 1. The molecule has 0 saturated carbocycles. The highest BCUT2D eigenvalue weighted by molar-refractivity contribution is 9.10. The summed E-state index contributed by atoms with van der Waals surface area (Å²) in [4.78, 5) is 4.66. The van der Waals surface area contributed by atoms with Crippen molar-refractivity contribution in [2.24, 2.45) is 0 Å². The maximum absolute atomic E-state index is 6.27. The van der Waals surface area contributed by atoms with Crippen molar-refractivity contribution in [3.8, 4) is 17.1 Å². The first-order valence-corrected chi connectivity index (χ1v) is 10.7. The van der Waals surface area contributed by atoms with Crippen molar-refractivity contribution in [3.63, 3.8) is 0 Å². The van der Waals surface area contributed by atoms with E-state index in [9.17, 15) is 0 Å². The fraction of sp³-hybridized carbons (Fsp3) is 0.250. The van der Waals surface area contributed by atoms with Gasteiger partial charge in [0.1, 0.15) is 0 Å². The van der Waals surface area contributed by atoms with Crippen molar-refractivity contribution < 1.29 is 4.74 Å². The molecule has 0 aliphatic carbocycles. The molecule has 7 heteroatoms. The number of unbranched alkanes of at least 4 members (excludes halogenated alkanes) is 1. The summed E-state index contributed by atoms with van der Waals surface area (Å²) in [5.41, 5.74) is 3.56. The van der Waals surface area contributed by atoms with E-state index in [1.807, 2.05) is 48.5 Å². The van der Waals surface area contributed by atoms with E-state index >= 15 is 0 Å². The van der Waals surface area contributed by atoms with E-state index in [2.05, 4.69) is 43.4 Å². The minimum atomic E-state index is -0.366. The van der Waals surface area contributed by atoms with E-state index < -0.39 is 0 Å². The Hall–Kier alpha value is -2.12. The largest absolute Gasteiger partial charge is 0.448 e. The Morgan fingerprint density at radius 3 is 2.89 bits per heavy atom. The molecule has 0 unspecified atom stereocenters. The molecule has 0 bridgehead atoms.